The lowest BCUT2D eigenvalue weighted by Crippen LogP contribution is -2.15. The van der Waals surface area contributed by atoms with Gasteiger partial charge in [-0.25, -0.2) is 9.67 Å². The molecule has 1 aromatic carbocycles. The van der Waals surface area contributed by atoms with Gasteiger partial charge in [0.15, 0.2) is 0 Å². The minimum atomic E-state index is -0.163. The maximum absolute atomic E-state index is 12.2. The summed E-state index contributed by atoms with van der Waals surface area (Å²) in [6.45, 7) is 0. The minimum Gasteiger partial charge on any atom is -0.309 e. The molecule has 1 fully saturated rings. The highest BCUT2D eigenvalue weighted by molar-refractivity contribution is 7.98. The first-order valence-corrected chi connectivity index (χ1v) is 9.66. The highest BCUT2D eigenvalue weighted by Crippen LogP contribution is 2.30. The maximum atomic E-state index is 12.2. The van der Waals surface area contributed by atoms with Crippen molar-refractivity contribution in [3.05, 3.63) is 39.4 Å². The number of tetrazole rings is 1. The van der Waals surface area contributed by atoms with Crippen LogP contribution in [0.4, 0.5) is 0 Å². The first kappa shape index (κ1) is 16.5. The number of nitrogens with one attached hydrogen (secondary N) is 1. The van der Waals surface area contributed by atoms with Crippen LogP contribution in [0.1, 0.15) is 44.0 Å². The molecule has 0 aliphatic heterocycles. The number of benzene rings is 1. The number of H-pyrrole nitrogens is 1. The molecule has 3 aromatic rings. The summed E-state index contributed by atoms with van der Waals surface area (Å²) in [5.41, 5.74) is 0.433. The Hall–Kier alpha value is -1.93. The van der Waals surface area contributed by atoms with Gasteiger partial charge in [0.1, 0.15) is 5.82 Å². The van der Waals surface area contributed by atoms with E-state index < -0.39 is 0 Å². The van der Waals surface area contributed by atoms with Gasteiger partial charge >= 0.3 is 0 Å². The molecule has 1 saturated carbocycles. The molecule has 0 unspecified atom stereocenters. The van der Waals surface area contributed by atoms with Gasteiger partial charge < -0.3 is 4.98 Å². The summed E-state index contributed by atoms with van der Waals surface area (Å²) in [7, 11) is 0. The van der Waals surface area contributed by atoms with Gasteiger partial charge in [0.05, 0.1) is 22.7 Å². The third kappa shape index (κ3) is 3.55. The number of hydrogen-bond acceptors (Lipinski definition) is 6. The molecule has 130 valence electrons. The molecule has 9 heteroatoms. The predicted molar refractivity (Wildman–Crippen MR) is 96.9 cm³/mol. The maximum Gasteiger partial charge on any atom is 0.258 e. The van der Waals surface area contributed by atoms with Crippen LogP contribution in [0.2, 0.25) is 5.02 Å². The third-order valence-corrected chi connectivity index (χ3v) is 5.62. The summed E-state index contributed by atoms with van der Waals surface area (Å²) in [5, 5.41) is 14.0. The molecule has 1 aliphatic rings. The summed E-state index contributed by atoms with van der Waals surface area (Å²) in [6.07, 6.45) is 5.94. The Labute approximate surface area is 153 Å². The number of nitrogens with zero attached hydrogens (tertiary/aromatic N) is 5. The number of aromatic nitrogens is 6. The molecular formula is C16H17ClN6OS. The van der Waals surface area contributed by atoms with Gasteiger partial charge in [-0.2, -0.15) is 0 Å². The van der Waals surface area contributed by atoms with E-state index in [0.29, 0.717) is 33.5 Å². The molecule has 1 aliphatic carbocycles. The van der Waals surface area contributed by atoms with Crippen LogP contribution in [0, 0.1) is 0 Å². The van der Waals surface area contributed by atoms with Crippen molar-refractivity contribution < 1.29 is 0 Å². The summed E-state index contributed by atoms with van der Waals surface area (Å²) < 4.78 is 1.92. The van der Waals surface area contributed by atoms with Crippen LogP contribution in [0.15, 0.2) is 28.2 Å². The highest BCUT2D eigenvalue weighted by atomic mass is 35.5. The Kier molecular flexibility index (Phi) is 4.72. The molecule has 2 heterocycles. The first-order valence-electron chi connectivity index (χ1n) is 8.30. The average Bonchev–Trinajstić information content (AvgIpc) is 3.09. The van der Waals surface area contributed by atoms with E-state index in [4.69, 9.17) is 11.6 Å². The van der Waals surface area contributed by atoms with E-state index in [1.807, 2.05) is 4.68 Å². The quantitative estimate of drug-likeness (QED) is 0.702. The zero-order chi connectivity index (χ0) is 17.2. The van der Waals surface area contributed by atoms with E-state index in [-0.39, 0.29) is 5.56 Å². The third-order valence-electron chi connectivity index (χ3n) is 4.44. The molecule has 0 amide bonds. The van der Waals surface area contributed by atoms with Gasteiger partial charge in [-0.1, -0.05) is 42.6 Å². The summed E-state index contributed by atoms with van der Waals surface area (Å²) in [5.74, 6) is 1.08. The van der Waals surface area contributed by atoms with E-state index in [9.17, 15) is 4.79 Å². The average molecular weight is 377 g/mol. The number of fused-ring (bicyclic) bond motifs is 1. The smallest absolute Gasteiger partial charge is 0.258 e. The van der Waals surface area contributed by atoms with Crippen molar-refractivity contribution in [3.63, 3.8) is 0 Å². The molecule has 0 bridgehead atoms. The van der Waals surface area contributed by atoms with Crippen molar-refractivity contribution >= 4 is 34.3 Å². The van der Waals surface area contributed by atoms with E-state index >= 15 is 0 Å². The lowest BCUT2D eigenvalue weighted by atomic mass is 9.96. The summed E-state index contributed by atoms with van der Waals surface area (Å²) >= 11 is 7.48. The molecule has 1 N–H and O–H groups in total. The molecular weight excluding hydrogens is 360 g/mol. The second-order valence-corrected chi connectivity index (χ2v) is 7.54. The standard InChI is InChI=1S/C16H17ClN6OS/c17-10-6-7-12-13(8-10)18-14(19-15(12)24)9-25-16-20-21-22-23(16)11-4-2-1-3-5-11/h6-8,11H,1-5,9H2,(H,18,19,24). The van der Waals surface area contributed by atoms with Crippen molar-refractivity contribution in [1.29, 1.82) is 0 Å². The SMILES string of the molecule is O=c1[nH]c(CSc2nnnn2C2CCCCC2)nc2cc(Cl)ccc12. The summed E-state index contributed by atoms with van der Waals surface area (Å²) in [6, 6.07) is 5.44. The molecule has 0 atom stereocenters. The van der Waals surface area contributed by atoms with E-state index in [1.165, 1.54) is 31.0 Å². The molecule has 2 aromatic heterocycles. The zero-order valence-corrected chi connectivity index (χ0v) is 15.1. The zero-order valence-electron chi connectivity index (χ0n) is 13.5. The van der Waals surface area contributed by atoms with E-state index in [1.54, 1.807) is 18.2 Å². The topological polar surface area (TPSA) is 89.4 Å². The normalized spacial score (nSPS) is 15.7. The number of hydrogen-bond donors (Lipinski definition) is 1. The predicted octanol–water partition coefficient (Wildman–Crippen LogP) is 3.36. The van der Waals surface area contributed by atoms with Crippen LogP contribution in [0.5, 0.6) is 0 Å². The number of aromatic amines is 1. The van der Waals surface area contributed by atoms with Gasteiger partial charge in [-0.05, 0) is 41.5 Å². The van der Waals surface area contributed by atoms with Crippen molar-refractivity contribution in [2.75, 3.05) is 0 Å². The Balaban J connectivity index is 1.55. The van der Waals surface area contributed by atoms with Crippen molar-refractivity contribution in [1.82, 2.24) is 30.2 Å². The van der Waals surface area contributed by atoms with Crippen LogP contribution in [0.25, 0.3) is 10.9 Å². The van der Waals surface area contributed by atoms with Gasteiger partial charge in [-0.15, -0.1) is 5.10 Å². The van der Waals surface area contributed by atoms with Gasteiger partial charge in [-0.3, -0.25) is 4.79 Å². The Morgan fingerprint density at radius 2 is 2.12 bits per heavy atom. The number of halogens is 1. The van der Waals surface area contributed by atoms with Gasteiger partial charge in [0.25, 0.3) is 5.56 Å². The fourth-order valence-corrected chi connectivity index (χ4v) is 4.18. The molecule has 25 heavy (non-hydrogen) atoms. The van der Waals surface area contributed by atoms with Gasteiger partial charge in [0, 0.05) is 5.02 Å². The minimum absolute atomic E-state index is 0.163. The Morgan fingerprint density at radius 1 is 1.28 bits per heavy atom. The van der Waals surface area contributed by atoms with Gasteiger partial charge in [0.2, 0.25) is 5.16 Å². The Bertz CT molecular complexity index is 949. The molecule has 0 spiro atoms. The van der Waals surface area contributed by atoms with E-state index in [2.05, 4.69) is 25.5 Å². The second-order valence-electron chi connectivity index (χ2n) is 6.16. The Morgan fingerprint density at radius 3 is 2.96 bits per heavy atom. The largest absolute Gasteiger partial charge is 0.309 e. The second kappa shape index (κ2) is 7.13. The number of rotatable bonds is 4. The molecule has 7 nitrogen and oxygen atoms in total. The lowest BCUT2D eigenvalue weighted by molar-refractivity contribution is 0.307. The molecule has 0 saturated heterocycles. The monoisotopic (exact) mass is 376 g/mol. The summed E-state index contributed by atoms with van der Waals surface area (Å²) in [4.78, 5) is 19.5. The van der Waals surface area contributed by atoms with Crippen LogP contribution < -0.4 is 5.56 Å². The van der Waals surface area contributed by atoms with Crippen molar-refractivity contribution in [2.24, 2.45) is 0 Å². The first-order chi connectivity index (χ1) is 12.2. The molecule has 0 radical (unpaired) electrons. The van der Waals surface area contributed by atoms with Crippen molar-refractivity contribution in [3.8, 4) is 0 Å². The van der Waals surface area contributed by atoms with Crippen LogP contribution in [-0.4, -0.2) is 30.2 Å². The van der Waals surface area contributed by atoms with E-state index in [0.717, 1.165) is 18.0 Å². The van der Waals surface area contributed by atoms with Crippen LogP contribution >= 0.6 is 23.4 Å². The fourth-order valence-electron chi connectivity index (χ4n) is 3.20. The number of thioether (sulfide) groups is 1. The molecule has 4 rings (SSSR count). The van der Waals surface area contributed by atoms with Crippen LogP contribution in [0.3, 0.4) is 0 Å². The fraction of sp³-hybridized carbons (Fsp3) is 0.438. The highest BCUT2D eigenvalue weighted by Gasteiger charge is 2.20. The van der Waals surface area contributed by atoms with Crippen molar-refractivity contribution in [2.45, 2.75) is 49.1 Å². The lowest BCUT2D eigenvalue weighted by Gasteiger charge is -2.21. The van der Waals surface area contributed by atoms with Crippen LogP contribution in [-0.2, 0) is 5.75 Å².